The second-order valence-corrected chi connectivity index (χ2v) is 7.33. The van der Waals surface area contributed by atoms with E-state index in [1.165, 1.54) is 57.8 Å². The lowest BCUT2D eigenvalue weighted by Gasteiger charge is -2.03. The van der Waals surface area contributed by atoms with Crippen molar-refractivity contribution in [1.29, 1.82) is 0 Å². The van der Waals surface area contributed by atoms with Crippen LogP contribution in [0.2, 0.25) is 0 Å². The summed E-state index contributed by atoms with van der Waals surface area (Å²) >= 11 is 10.8. The molecular weight excluding hydrogens is 363 g/mol. The van der Waals surface area contributed by atoms with Gasteiger partial charge in [-0.3, -0.25) is 0 Å². The van der Waals surface area contributed by atoms with Crippen LogP contribution >= 0.6 is 23.2 Å². The average molecular weight is 395 g/mol. The van der Waals surface area contributed by atoms with E-state index >= 15 is 0 Å². The van der Waals surface area contributed by atoms with Crippen LogP contribution in [0.4, 0.5) is 0 Å². The molecule has 0 bridgehead atoms. The molecule has 25 heavy (non-hydrogen) atoms. The molecule has 146 valence electrons. The molecule has 0 aromatic carbocycles. The standard InChI is InChI=1S/C19H32Cl2O4/c1-2-3-4-5-6-7-8-9-10-11-12-15-24-18(22)13-14-19(23)25-16-17(20)21/h13-14,17H,2-12,15-16H2,1H3/b14-13+. The topological polar surface area (TPSA) is 52.6 Å². The van der Waals surface area contributed by atoms with Crippen molar-refractivity contribution in [2.24, 2.45) is 0 Å². The fourth-order valence-electron chi connectivity index (χ4n) is 2.32. The van der Waals surface area contributed by atoms with Crippen molar-refractivity contribution in [3.8, 4) is 0 Å². The number of unbranched alkanes of at least 4 members (excludes halogenated alkanes) is 10. The van der Waals surface area contributed by atoms with E-state index in [0.717, 1.165) is 25.0 Å². The van der Waals surface area contributed by atoms with E-state index in [0.29, 0.717) is 6.61 Å². The second-order valence-electron chi connectivity index (χ2n) is 6.06. The maximum absolute atomic E-state index is 11.4. The number of hydrogen-bond acceptors (Lipinski definition) is 4. The Kier molecular flexibility index (Phi) is 17.5. The fourth-order valence-corrected chi connectivity index (χ4v) is 2.44. The highest BCUT2D eigenvalue weighted by molar-refractivity contribution is 6.44. The Labute approximate surface area is 162 Å². The number of rotatable bonds is 16. The van der Waals surface area contributed by atoms with Crippen molar-refractivity contribution in [3.05, 3.63) is 12.2 Å². The molecule has 0 aromatic heterocycles. The minimum absolute atomic E-state index is 0.111. The average Bonchev–Trinajstić information content (AvgIpc) is 2.59. The predicted molar refractivity (Wildman–Crippen MR) is 103 cm³/mol. The first-order chi connectivity index (χ1) is 12.1. The molecule has 0 saturated carbocycles. The SMILES string of the molecule is CCCCCCCCCCCCCOC(=O)/C=C/C(=O)OCC(Cl)Cl. The van der Waals surface area contributed by atoms with E-state index in [1.807, 2.05) is 0 Å². The Balaban J connectivity index is 3.38. The van der Waals surface area contributed by atoms with Gasteiger partial charge in [0.25, 0.3) is 0 Å². The summed E-state index contributed by atoms with van der Waals surface area (Å²) in [6.07, 6.45) is 15.8. The zero-order valence-corrected chi connectivity index (χ0v) is 16.8. The lowest BCUT2D eigenvalue weighted by molar-refractivity contribution is -0.140. The Morgan fingerprint density at radius 1 is 0.760 bits per heavy atom. The number of alkyl halides is 2. The van der Waals surface area contributed by atoms with Crippen LogP contribution in [-0.4, -0.2) is 30.0 Å². The summed E-state index contributed by atoms with van der Waals surface area (Å²) < 4.78 is 9.69. The number of carbonyl (C=O) groups is 2. The summed E-state index contributed by atoms with van der Waals surface area (Å²) in [7, 11) is 0. The Bertz CT molecular complexity index is 370. The van der Waals surface area contributed by atoms with Crippen LogP contribution in [0.15, 0.2) is 12.2 Å². The Morgan fingerprint density at radius 2 is 1.20 bits per heavy atom. The van der Waals surface area contributed by atoms with Gasteiger partial charge < -0.3 is 9.47 Å². The van der Waals surface area contributed by atoms with E-state index in [1.54, 1.807) is 0 Å². The molecule has 0 radical (unpaired) electrons. The van der Waals surface area contributed by atoms with Gasteiger partial charge in [0.15, 0.2) is 0 Å². The first kappa shape index (κ1) is 24.3. The first-order valence-corrected chi connectivity index (χ1v) is 10.2. The van der Waals surface area contributed by atoms with Gasteiger partial charge in [-0.25, -0.2) is 9.59 Å². The van der Waals surface area contributed by atoms with Gasteiger partial charge in [0.1, 0.15) is 11.4 Å². The minimum atomic E-state index is -0.773. The first-order valence-electron chi connectivity index (χ1n) is 9.36. The molecule has 0 spiro atoms. The van der Waals surface area contributed by atoms with Gasteiger partial charge in [-0.15, -0.1) is 23.2 Å². The zero-order valence-electron chi connectivity index (χ0n) is 15.3. The summed E-state index contributed by atoms with van der Waals surface area (Å²) in [5.41, 5.74) is 0. The third kappa shape index (κ3) is 19.4. The van der Waals surface area contributed by atoms with Gasteiger partial charge in [-0.2, -0.15) is 0 Å². The van der Waals surface area contributed by atoms with Crippen molar-refractivity contribution in [3.63, 3.8) is 0 Å². The third-order valence-electron chi connectivity index (χ3n) is 3.70. The minimum Gasteiger partial charge on any atom is -0.463 e. The molecule has 0 aliphatic heterocycles. The molecule has 0 aliphatic carbocycles. The molecule has 6 heteroatoms. The molecule has 0 N–H and O–H groups in total. The smallest absolute Gasteiger partial charge is 0.331 e. The van der Waals surface area contributed by atoms with Crippen LogP contribution in [-0.2, 0) is 19.1 Å². The zero-order chi connectivity index (χ0) is 18.8. The fraction of sp³-hybridized carbons (Fsp3) is 0.789. The normalized spacial score (nSPS) is 11.2. The summed E-state index contributed by atoms with van der Waals surface area (Å²) in [6, 6.07) is 0. The molecule has 0 heterocycles. The molecule has 0 unspecified atom stereocenters. The van der Waals surface area contributed by atoms with E-state index in [2.05, 4.69) is 11.7 Å². The van der Waals surface area contributed by atoms with Gasteiger partial charge in [0.05, 0.1) is 6.61 Å². The van der Waals surface area contributed by atoms with Crippen LogP contribution in [0.3, 0.4) is 0 Å². The second kappa shape index (κ2) is 18.1. The van der Waals surface area contributed by atoms with Crippen LogP contribution < -0.4 is 0 Å². The monoisotopic (exact) mass is 394 g/mol. The van der Waals surface area contributed by atoms with E-state index in [9.17, 15) is 9.59 Å². The van der Waals surface area contributed by atoms with Gasteiger partial charge in [-0.1, -0.05) is 71.1 Å². The van der Waals surface area contributed by atoms with E-state index in [4.69, 9.17) is 27.9 Å². The predicted octanol–water partition coefficient (Wildman–Crippen LogP) is 5.74. The molecule has 0 atom stereocenters. The van der Waals surface area contributed by atoms with Crippen molar-refractivity contribution in [2.45, 2.75) is 82.4 Å². The number of hydrogen-bond donors (Lipinski definition) is 0. The van der Waals surface area contributed by atoms with Crippen LogP contribution in [0, 0.1) is 0 Å². The van der Waals surface area contributed by atoms with Crippen LogP contribution in [0.25, 0.3) is 0 Å². The lowest BCUT2D eigenvalue weighted by Crippen LogP contribution is -2.09. The van der Waals surface area contributed by atoms with Crippen molar-refractivity contribution < 1.29 is 19.1 Å². The van der Waals surface area contributed by atoms with Crippen molar-refractivity contribution in [1.82, 2.24) is 0 Å². The molecule has 0 saturated heterocycles. The van der Waals surface area contributed by atoms with Crippen LogP contribution in [0.1, 0.15) is 77.6 Å². The molecule has 0 aromatic rings. The summed E-state index contributed by atoms with van der Waals surface area (Å²) in [5, 5.41) is 0. The Morgan fingerprint density at radius 3 is 1.68 bits per heavy atom. The highest BCUT2D eigenvalue weighted by atomic mass is 35.5. The molecule has 0 fully saturated rings. The third-order valence-corrected chi connectivity index (χ3v) is 3.95. The molecule has 0 rings (SSSR count). The van der Waals surface area contributed by atoms with Gasteiger partial charge in [0.2, 0.25) is 0 Å². The van der Waals surface area contributed by atoms with Gasteiger partial charge in [-0.05, 0) is 6.42 Å². The molecular formula is C19H32Cl2O4. The quantitative estimate of drug-likeness (QED) is 0.145. The Hall–Kier alpha value is -0.740. The summed E-state index contributed by atoms with van der Waals surface area (Å²) in [5.74, 6) is -1.21. The van der Waals surface area contributed by atoms with Gasteiger partial charge >= 0.3 is 11.9 Å². The molecule has 0 amide bonds. The van der Waals surface area contributed by atoms with Crippen molar-refractivity contribution >= 4 is 35.1 Å². The highest BCUT2D eigenvalue weighted by Gasteiger charge is 2.04. The largest absolute Gasteiger partial charge is 0.463 e. The van der Waals surface area contributed by atoms with E-state index in [-0.39, 0.29) is 6.61 Å². The van der Waals surface area contributed by atoms with Crippen LogP contribution in [0.5, 0.6) is 0 Å². The lowest BCUT2D eigenvalue weighted by atomic mass is 10.1. The maximum Gasteiger partial charge on any atom is 0.331 e. The molecule has 4 nitrogen and oxygen atoms in total. The molecule has 0 aliphatic rings. The summed E-state index contributed by atoms with van der Waals surface area (Å²) in [4.78, 5) is 21.8. The summed E-state index contributed by atoms with van der Waals surface area (Å²) in [6.45, 7) is 2.50. The number of carbonyl (C=O) groups excluding carboxylic acids is 2. The van der Waals surface area contributed by atoms with Gasteiger partial charge in [0, 0.05) is 12.2 Å². The van der Waals surface area contributed by atoms with Crippen molar-refractivity contribution in [2.75, 3.05) is 13.2 Å². The number of halogens is 2. The van der Waals surface area contributed by atoms with E-state index < -0.39 is 16.8 Å². The maximum atomic E-state index is 11.4. The highest BCUT2D eigenvalue weighted by Crippen LogP contribution is 2.11. The number of esters is 2. The number of ether oxygens (including phenoxy) is 2.